The zero-order valence-electron chi connectivity index (χ0n) is 25.6. The van der Waals surface area contributed by atoms with E-state index in [1.165, 1.54) is 31.4 Å². The molecule has 0 aliphatic carbocycles. The van der Waals surface area contributed by atoms with Gasteiger partial charge in [0.2, 0.25) is 5.91 Å². The maximum atomic E-state index is 13.3. The fourth-order valence-corrected chi connectivity index (χ4v) is 5.44. The van der Waals surface area contributed by atoms with Crippen molar-refractivity contribution in [1.29, 1.82) is 0 Å². The second-order valence-corrected chi connectivity index (χ2v) is 11.8. The van der Waals surface area contributed by atoms with E-state index in [-0.39, 0.29) is 11.8 Å². The third-order valence-corrected chi connectivity index (χ3v) is 8.10. The van der Waals surface area contributed by atoms with Crippen molar-refractivity contribution in [2.24, 2.45) is 0 Å². The Morgan fingerprint density at radius 2 is 1.51 bits per heavy atom. The van der Waals surface area contributed by atoms with Crippen molar-refractivity contribution < 1.29 is 23.9 Å². The van der Waals surface area contributed by atoms with Gasteiger partial charge in [0.1, 0.15) is 0 Å². The molecule has 1 aliphatic rings. The molecule has 238 valence electrons. The molecule has 0 atom stereocenters. The Kier molecular flexibility index (Phi) is 11.8. The van der Waals surface area contributed by atoms with Crippen LogP contribution in [0.2, 0.25) is 10.0 Å². The van der Waals surface area contributed by atoms with E-state index in [1.807, 2.05) is 36.0 Å². The number of nitrogens with zero attached hydrogens (tertiary/aromatic N) is 3. The predicted molar refractivity (Wildman–Crippen MR) is 177 cm³/mol. The molecule has 12 heteroatoms. The van der Waals surface area contributed by atoms with E-state index >= 15 is 0 Å². The lowest BCUT2D eigenvalue weighted by Crippen LogP contribution is -2.49. The van der Waals surface area contributed by atoms with Crippen LogP contribution in [0.15, 0.2) is 60.7 Å². The highest BCUT2D eigenvalue weighted by Gasteiger charge is 2.24. The summed E-state index contributed by atoms with van der Waals surface area (Å²) in [7, 11) is 5.17. The predicted octanol–water partition coefficient (Wildman–Crippen LogP) is 4.61. The van der Waals surface area contributed by atoms with Gasteiger partial charge in [0.15, 0.2) is 0 Å². The number of rotatable bonds is 11. The number of methoxy groups -OCH3 is 1. The summed E-state index contributed by atoms with van der Waals surface area (Å²) in [6.45, 7) is 3.26. The topological polar surface area (TPSA) is 111 Å². The smallest absolute Gasteiger partial charge is 0.337 e. The first-order valence-electron chi connectivity index (χ1n) is 14.6. The number of carbonyl (C=O) groups excluding carboxylic acids is 4. The summed E-state index contributed by atoms with van der Waals surface area (Å²) in [4.78, 5) is 56.9. The number of hydrogen-bond acceptors (Lipinski definition) is 7. The highest BCUT2D eigenvalue weighted by atomic mass is 35.5. The molecule has 0 saturated carbocycles. The third-order valence-electron chi connectivity index (χ3n) is 7.52. The SMILES string of the molecule is COC(=O)c1ccc(C(=O)Nc2cc(C(=O)NCCc3ccc(Cl)cc3Cl)ccc2N2CCN(C(=O)CCN(C)C)CC2)cc1. The lowest BCUT2D eigenvalue weighted by molar-refractivity contribution is -0.131. The van der Waals surface area contributed by atoms with Crippen molar-refractivity contribution in [1.82, 2.24) is 15.1 Å². The van der Waals surface area contributed by atoms with E-state index in [4.69, 9.17) is 27.9 Å². The van der Waals surface area contributed by atoms with Crippen LogP contribution in [0.25, 0.3) is 0 Å². The summed E-state index contributed by atoms with van der Waals surface area (Å²) in [5, 5.41) is 6.94. The minimum absolute atomic E-state index is 0.110. The van der Waals surface area contributed by atoms with E-state index in [9.17, 15) is 19.2 Å². The van der Waals surface area contributed by atoms with Gasteiger partial charge in [-0.3, -0.25) is 14.4 Å². The van der Waals surface area contributed by atoms with Crippen molar-refractivity contribution in [3.8, 4) is 0 Å². The molecule has 0 bridgehead atoms. The molecule has 10 nitrogen and oxygen atoms in total. The van der Waals surface area contributed by atoms with E-state index in [0.717, 1.165) is 11.3 Å². The fourth-order valence-electron chi connectivity index (χ4n) is 4.93. The molecule has 45 heavy (non-hydrogen) atoms. The molecule has 2 N–H and O–H groups in total. The summed E-state index contributed by atoms with van der Waals surface area (Å²) in [5.74, 6) is -1.10. The van der Waals surface area contributed by atoms with Crippen LogP contribution < -0.4 is 15.5 Å². The average molecular weight is 655 g/mol. The van der Waals surface area contributed by atoms with Gasteiger partial charge in [-0.1, -0.05) is 29.3 Å². The monoisotopic (exact) mass is 653 g/mol. The molecule has 4 rings (SSSR count). The minimum Gasteiger partial charge on any atom is -0.465 e. The Morgan fingerprint density at radius 1 is 0.844 bits per heavy atom. The number of carbonyl (C=O) groups is 4. The Labute approximate surface area is 273 Å². The summed E-state index contributed by atoms with van der Waals surface area (Å²) >= 11 is 12.3. The van der Waals surface area contributed by atoms with Crippen LogP contribution in [0.5, 0.6) is 0 Å². The van der Waals surface area contributed by atoms with Crippen LogP contribution in [0, 0.1) is 0 Å². The van der Waals surface area contributed by atoms with E-state index in [2.05, 4.69) is 15.5 Å². The van der Waals surface area contributed by atoms with Crippen LogP contribution >= 0.6 is 23.2 Å². The maximum Gasteiger partial charge on any atom is 0.337 e. The second kappa shape index (κ2) is 15.7. The number of piperazine rings is 1. The molecule has 0 radical (unpaired) electrons. The number of esters is 1. The van der Waals surface area contributed by atoms with E-state index in [1.54, 1.807) is 24.3 Å². The molecule has 3 aromatic carbocycles. The molecule has 0 unspecified atom stereocenters. The van der Waals surface area contributed by atoms with Gasteiger partial charge < -0.3 is 30.1 Å². The van der Waals surface area contributed by atoms with Gasteiger partial charge in [0.05, 0.1) is 24.0 Å². The van der Waals surface area contributed by atoms with Gasteiger partial charge in [-0.15, -0.1) is 0 Å². The highest BCUT2D eigenvalue weighted by Crippen LogP contribution is 2.29. The molecule has 0 spiro atoms. The van der Waals surface area contributed by atoms with Gasteiger partial charge in [-0.25, -0.2) is 4.79 Å². The number of anilines is 2. The molecule has 1 aliphatic heterocycles. The zero-order valence-corrected chi connectivity index (χ0v) is 27.1. The van der Waals surface area contributed by atoms with Crippen LogP contribution in [0.3, 0.4) is 0 Å². The normalized spacial score (nSPS) is 13.0. The van der Waals surface area contributed by atoms with Crippen LogP contribution in [-0.2, 0) is 16.0 Å². The van der Waals surface area contributed by atoms with Crippen molar-refractivity contribution in [2.75, 3.05) is 70.7 Å². The fraction of sp³-hybridized carbons (Fsp3) is 0.333. The molecule has 1 heterocycles. The first-order valence-corrected chi connectivity index (χ1v) is 15.3. The van der Waals surface area contributed by atoms with Crippen LogP contribution in [0.1, 0.15) is 43.1 Å². The first-order chi connectivity index (χ1) is 21.5. The molecular weight excluding hydrogens is 617 g/mol. The third kappa shape index (κ3) is 9.20. The quantitative estimate of drug-likeness (QED) is 0.291. The zero-order chi connectivity index (χ0) is 32.5. The summed E-state index contributed by atoms with van der Waals surface area (Å²) in [5.41, 5.74) is 3.08. The van der Waals surface area contributed by atoms with Gasteiger partial charge in [0.25, 0.3) is 11.8 Å². The molecular formula is C33H37Cl2N5O5. The Morgan fingerprint density at radius 3 is 2.16 bits per heavy atom. The number of ether oxygens (including phenoxy) is 1. The standard InChI is InChI=1S/C33H37Cl2N5O5/c1-38(2)15-13-30(41)40-18-16-39(17-19-40)29-11-9-25(31(42)36-14-12-22-8-10-26(34)21-27(22)35)20-28(29)37-32(43)23-4-6-24(7-5-23)33(44)45-3/h4-11,20-21H,12-19H2,1-3H3,(H,36,42)(H,37,43). The average Bonchev–Trinajstić information content (AvgIpc) is 3.04. The van der Waals surface area contributed by atoms with Gasteiger partial charge in [-0.05, 0) is 80.7 Å². The summed E-state index contributed by atoms with van der Waals surface area (Å²) in [6.07, 6.45) is 0.972. The molecule has 3 aromatic rings. The lowest BCUT2D eigenvalue weighted by Gasteiger charge is -2.37. The Bertz CT molecular complexity index is 1540. The lowest BCUT2D eigenvalue weighted by atomic mass is 10.1. The first kappa shape index (κ1) is 33.8. The maximum absolute atomic E-state index is 13.3. The van der Waals surface area contributed by atoms with Crippen LogP contribution in [0.4, 0.5) is 11.4 Å². The summed E-state index contributed by atoms with van der Waals surface area (Å²) in [6, 6.07) is 16.5. The summed E-state index contributed by atoms with van der Waals surface area (Å²) < 4.78 is 4.74. The van der Waals surface area contributed by atoms with Gasteiger partial charge in [0, 0.05) is 66.9 Å². The van der Waals surface area contributed by atoms with Crippen LogP contribution in [-0.4, -0.2) is 94.0 Å². The number of halogens is 2. The largest absolute Gasteiger partial charge is 0.465 e. The Balaban J connectivity index is 1.50. The van der Waals surface area contributed by atoms with E-state index in [0.29, 0.717) is 84.5 Å². The number of benzene rings is 3. The van der Waals surface area contributed by atoms with E-state index < -0.39 is 11.9 Å². The van der Waals surface area contributed by atoms with Crippen molar-refractivity contribution in [3.05, 3.63) is 93.0 Å². The van der Waals surface area contributed by atoms with Crippen molar-refractivity contribution in [3.63, 3.8) is 0 Å². The molecule has 1 fully saturated rings. The molecule has 1 saturated heterocycles. The highest BCUT2D eigenvalue weighted by molar-refractivity contribution is 6.35. The Hall–Kier alpha value is -4.12. The molecule has 0 aromatic heterocycles. The van der Waals surface area contributed by atoms with Crippen molar-refractivity contribution >= 4 is 58.3 Å². The number of amides is 3. The van der Waals surface area contributed by atoms with Crippen molar-refractivity contribution in [2.45, 2.75) is 12.8 Å². The van der Waals surface area contributed by atoms with Gasteiger partial charge >= 0.3 is 5.97 Å². The minimum atomic E-state index is -0.499. The number of hydrogen-bond donors (Lipinski definition) is 2. The van der Waals surface area contributed by atoms with Gasteiger partial charge in [-0.2, -0.15) is 0 Å². The second-order valence-electron chi connectivity index (χ2n) is 10.9. The number of nitrogens with one attached hydrogen (secondary N) is 2. The molecule has 3 amide bonds.